The second-order valence-corrected chi connectivity index (χ2v) is 10.4. The number of carbonyl (C=O) groups excluding carboxylic acids is 1. The van der Waals surface area contributed by atoms with Crippen molar-refractivity contribution >= 4 is 11.7 Å². The van der Waals surface area contributed by atoms with E-state index in [1.165, 1.54) is 38.5 Å². The monoisotopic (exact) mass is 382 g/mol. The summed E-state index contributed by atoms with van der Waals surface area (Å²) in [5, 5.41) is 0. The molecule has 0 unspecified atom stereocenters. The number of amides is 1. The zero-order valence-corrected chi connectivity index (χ0v) is 17.7. The van der Waals surface area contributed by atoms with E-state index in [1.54, 1.807) is 0 Å². The van der Waals surface area contributed by atoms with E-state index in [1.807, 2.05) is 6.92 Å². The Morgan fingerprint density at radius 1 is 1.00 bits per heavy atom. The molecule has 1 aliphatic heterocycles. The zero-order valence-electron chi connectivity index (χ0n) is 17.7. The van der Waals surface area contributed by atoms with Gasteiger partial charge in [-0.25, -0.2) is 9.97 Å². The Labute approximate surface area is 168 Å². The number of piperazine rings is 1. The topological polar surface area (TPSA) is 49.3 Å². The highest BCUT2D eigenvalue weighted by Crippen LogP contribution is 2.60. The summed E-state index contributed by atoms with van der Waals surface area (Å²) >= 11 is 0. The van der Waals surface area contributed by atoms with Crippen molar-refractivity contribution in [3.05, 3.63) is 17.6 Å². The predicted molar refractivity (Wildman–Crippen MR) is 110 cm³/mol. The van der Waals surface area contributed by atoms with Gasteiger partial charge in [0.15, 0.2) is 0 Å². The molecule has 6 rings (SSSR count). The number of aryl methyl sites for hydroxylation is 1. The molecule has 1 aromatic heterocycles. The number of hydrogen-bond donors (Lipinski definition) is 0. The van der Waals surface area contributed by atoms with Crippen molar-refractivity contribution in [2.24, 2.45) is 23.2 Å². The van der Waals surface area contributed by atoms with E-state index < -0.39 is 0 Å². The van der Waals surface area contributed by atoms with Crippen LogP contribution in [-0.2, 0) is 4.79 Å². The van der Waals surface area contributed by atoms with Gasteiger partial charge >= 0.3 is 0 Å². The zero-order chi connectivity index (χ0) is 19.5. The number of aromatic nitrogens is 2. The SMILES string of the molecule is Cc1cc(N2CCN(C(=O)C34CC5CC(CC(C5)C3)C4)CC2)nc(C(C)C)n1. The van der Waals surface area contributed by atoms with Crippen LogP contribution in [0.15, 0.2) is 6.07 Å². The molecule has 2 heterocycles. The van der Waals surface area contributed by atoms with Gasteiger partial charge in [0.2, 0.25) is 5.91 Å². The maximum Gasteiger partial charge on any atom is 0.228 e. The quantitative estimate of drug-likeness (QED) is 0.798. The van der Waals surface area contributed by atoms with Gasteiger partial charge < -0.3 is 9.80 Å². The Balaban J connectivity index is 1.27. The molecule has 1 saturated heterocycles. The van der Waals surface area contributed by atoms with Crippen molar-refractivity contribution < 1.29 is 4.79 Å². The molecule has 5 fully saturated rings. The highest BCUT2D eigenvalue weighted by Gasteiger charge is 2.55. The largest absolute Gasteiger partial charge is 0.353 e. The van der Waals surface area contributed by atoms with Gasteiger partial charge in [0.25, 0.3) is 0 Å². The fraction of sp³-hybridized carbons (Fsp3) is 0.783. The van der Waals surface area contributed by atoms with Gasteiger partial charge in [-0.1, -0.05) is 13.8 Å². The lowest BCUT2D eigenvalue weighted by Crippen LogP contribution is -2.58. The van der Waals surface area contributed by atoms with Gasteiger partial charge in [0, 0.05) is 43.9 Å². The summed E-state index contributed by atoms with van der Waals surface area (Å²) in [5.74, 6) is 5.24. The van der Waals surface area contributed by atoms with Crippen LogP contribution in [0, 0.1) is 30.1 Å². The summed E-state index contributed by atoms with van der Waals surface area (Å²) in [5.41, 5.74) is 1.02. The number of nitrogens with zero attached hydrogens (tertiary/aromatic N) is 4. The fourth-order valence-corrected chi connectivity index (χ4v) is 6.84. The van der Waals surface area contributed by atoms with E-state index in [-0.39, 0.29) is 5.41 Å². The minimum Gasteiger partial charge on any atom is -0.353 e. The predicted octanol–water partition coefficient (Wildman–Crippen LogP) is 3.77. The Hall–Kier alpha value is -1.65. The van der Waals surface area contributed by atoms with Crippen LogP contribution in [0.4, 0.5) is 5.82 Å². The minimum atomic E-state index is -0.00671. The summed E-state index contributed by atoms with van der Waals surface area (Å²) in [6, 6.07) is 2.09. The first-order valence-electron chi connectivity index (χ1n) is 11.3. The molecule has 0 atom stereocenters. The highest BCUT2D eigenvalue weighted by molar-refractivity contribution is 5.83. The van der Waals surface area contributed by atoms with Crippen LogP contribution >= 0.6 is 0 Å². The van der Waals surface area contributed by atoms with Crippen molar-refractivity contribution in [1.29, 1.82) is 0 Å². The van der Waals surface area contributed by atoms with E-state index >= 15 is 0 Å². The van der Waals surface area contributed by atoms with Crippen molar-refractivity contribution in [1.82, 2.24) is 14.9 Å². The number of rotatable bonds is 3. The van der Waals surface area contributed by atoms with E-state index in [0.717, 1.165) is 61.3 Å². The second-order valence-electron chi connectivity index (χ2n) is 10.4. The van der Waals surface area contributed by atoms with Gasteiger partial charge in [-0.3, -0.25) is 4.79 Å². The normalized spacial score (nSPS) is 34.4. The van der Waals surface area contributed by atoms with Crippen molar-refractivity contribution in [3.8, 4) is 0 Å². The second kappa shape index (κ2) is 6.70. The van der Waals surface area contributed by atoms with Crippen molar-refractivity contribution in [2.45, 2.75) is 65.2 Å². The summed E-state index contributed by atoms with van der Waals surface area (Å²) in [6.07, 6.45) is 7.69. The van der Waals surface area contributed by atoms with Crippen LogP contribution in [0.5, 0.6) is 0 Å². The van der Waals surface area contributed by atoms with Crippen LogP contribution in [0.3, 0.4) is 0 Å². The lowest BCUT2D eigenvalue weighted by Gasteiger charge is -2.57. The molecule has 152 valence electrons. The molecule has 0 radical (unpaired) electrons. The van der Waals surface area contributed by atoms with Gasteiger partial charge in [0.1, 0.15) is 11.6 Å². The third-order valence-corrected chi connectivity index (χ3v) is 7.76. The van der Waals surface area contributed by atoms with Gasteiger partial charge in [-0.15, -0.1) is 0 Å². The summed E-state index contributed by atoms with van der Waals surface area (Å²) in [4.78, 5) is 27.5. The average Bonchev–Trinajstić information content (AvgIpc) is 2.66. The van der Waals surface area contributed by atoms with E-state index in [4.69, 9.17) is 4.98 Å². The first-order chi connectivity index (χ1) is 13.4. The fourth-order valence-electron chi connectivity index (χ4n) is 6.84. The molecule has 4 saturated carbocycles. The molecular weight excluding hydrogens is 348 g/mol. The molecule has 0 N–H and O–H groups in total. The molecule has 1 aromatic rings. The molecule has 28 heavy (non-hydrogen) atoms. The van der Waals surface area contributed by atoms with E-state index in [9.17, 15) is 4.79 Å². The van der Waals surface area contributed by atoms with Crippen LogP contribution < -0.4 is 4.90 Å². The van der Waals surface area contributed by atoms with E-state index in [0.29, 0.717) is 11.8 Å². The Morgan fingerprint density at radius 2 is 1.57 bits per heavy atom. The Bertz CT molecular complexity index is 731. The standard InChI is InChI=1S/C23H34N4O/c1-15(2)21-24-16(3)8-20(25-21)26-4-6-27(7-5-26)22(28)23-12-17-9-18(13-23)11-19(10-17)14-23/h8,15,17-19H,4-7,9-14H2,1-3H3. The average molecular weight is 383 g/mol. The summed E-state index contributed by atoms with van der Waals surface area (Å²) < 4.78 is 0. The first kappa shape index (κ1) is 18.4. The molecule has 4 aliphatic carbocycles. The molecule has 4 bridgehead atoms. The van der Waals surface area contributed by atoms with Crippen LogP contribution in [0.1, 0.15) is 69.8 Å². The first-order valence-corrected chi connectivity index (χ1v) is 11.3. The lowest BCUT2D eigenvalue weighted by atomic mass is 9.49. The van der Waals surface area contributed by atoms with Crippen LogP contribution in [0.2, 0.25) is 0 Å². The van der Waals surface area contributed by atoms with Crippen LogP contribution in [0.25, 0.3) is 0 Å². The van der Waals surface area contributed by atoms with Crippen LogP contribution in [-0.4, -0.2) is 47.0 Å². The smallest absolute Gasteiger partial charge is 0.228 e. The van der Waals surface area contributed by atoms with Crippen molar-refractivity contribution in [2.75, 3.05) is 31.1 Å². The maximum atomic E-state index is 13.6. The molecule has 0 aromatic carbocycles. The minimum absolute atomic E-state index is 0.00671. The molecule has 1 amide bonds. The molecule has 5 aliphatic rings. The third kappa shape index (κ3) is 3.11. The Morgan fingerprint density at radius 3 is 2.11 bits per heavy atom. The van der Waals surface area contributed by atoms with Gasteiger partial charge in [-0.05, 0) is 63.2 Å². The summed E-state index contributed by atoms with van der Waals surface area (Å²) in [7, 11) is 0. The van der Waals surface area contributed by atoms with Gasteiger partial charge in [-0.2, -0.15) is 0 Å². The van der Waals surface area contributed by atoms with Gasteiger partial charge in [0.05, 0.1) is 5.41 Å². The summed E-state index contributed by atoms with van der Waals surface area (Å²) in [6.45, 7) is 9.75. The number of anilines is 1. The number of carbonyl (C=O) groups is 1. The number of hydrogen-bond acceptors (Lipinski definition) is 4. The van der Waals surface area contributed by atoms with Crippen molar-refractivity contribution in [3.63, 3.8) is 0 Å². The maximum absolute atomic E-state index is 13.6. The molecule has 0 spiro atoms. The highest BCUT2D eigenvalue weighted by atomic mass is 16.2. The Kier molecular flexibility index (Phi) is 4.40. The lowest BCUT2D eigenvalue weighted by molar-refractivity contribution is -0.158. The third-order valence-electron chi connectivity index (χ3n) is 7.76. The molecule has 5 heteroatoms. The molecule has 5 nitrogen and oxygen atoms in total. The molecular formula is C23H34N4O. The van der Waals surface area contributed by atoms with E-state index in [2.05, 4.69) is 34.7 Å².